The predicted octanol–water partition coefficient (Wildman–Crippen LogP) is 3.76. The van der Waals surface area contributed by atoms with Gasteiger partial charge >= 0.3 is 0 Å². The highest BCUT2D eigenvalue weighted by Gasteiger charge is 2.25. The van der Waals surface area contributed by atoms with Crippen molar-refractivity contribution in [2.75, 3.05) is 6.54 Å². The lowest BCUT2D eigenvalue weighted by Crippen LogP contribution is -2.26. The van der Waals surface area contributed by atoms with Crippen LogP contribution in [-0.4, -0.2) is 35.5 Å². The molecule has 8 heteroatoms. The average Bonchev–Trinajstić information content (AvgIpc) is 3.47. The number of nitrogens with one attached hydrogen (secondary N) is 3. The molecule has 0 spiro atoms. The summed E-state index contributed by atoms with van der Waals surface area (Å²) in [5.41, 5.74) is 4.07. The quantitative estimate of drug-likeness (QED) is 0.165. The van der Waals surface area contributed by atoms with E-state index in [9.17, 15) is 14.4 Å². The van der Waals surface area contributed by atoms with Gasteiger partial charge in [-0.3, -0.25) is 19.6 Å². The van der Waals surface area contributed by atoms with Gasteiger partial charge in [-0.2, -0.15) is 0 Å². The molecule has 1 saturated carbocycles. The van der Waals surface area contributed by atoms with E-state index in [2.05, 4.69) is 10.6 Å². The predicted molar refractivity (Wildman–Crippen MR) is 130 cm³/mol. The highest BCUT2D eigenvalue weighted by Crippen LogP contribution is 2.26. The maximum absolute atomic E-state index is 12.7. The van der Waals surface area contributed by atoms with Crippen LogP contribution >= 0.6 is 11.3 Å². The molecule has 0 radical (unpaired) electrons. The van der Waals surface area contributed by atoms with Gasteiger partial charge in [0.25, 0.3) is 5.91 Å². The van der Waals surface area contributed by atoms with Crippen molar-refractivity contribution < 1.29 is 19.6 Å². The summed E-state index contributed by atoms with van der Waals surface area (Å²) >= 11 is 1.54. The van der Waals surface area contributed by atoms with Crippen molar-refractivity contribution in [3.63, 3.8) is 0 Å². The number of amides is 3. The SMILES string of the molecule is O=C(C=Cc1ccc(C=C(C(=O)NC2CC2)c2cccs2)cc1)NCCCCCC(=O)NO. The van der Waals surface area contributed by atoms with Gasteiger partial charge in [0.2, 0.25) is 11.8 Å². The van der Waals surface area contributed by atoms with E-state index < -0.39 is 5.91 Å². The van der Waals surface area contributed by atoms with Gasteiger partial charge in [0.15, 0.2) is 0 Å². The Morgan fingerprint density at radius 3 is 2.45 bits per heavy atom. The van der Waals surface area contributed by atoms with E-state index in [1.54, 1.807) is 22.9 Å². The third kappa shape index (κ3) is 8.67. The molecule has 0 saturated heterocycles. The van der Waals surface area contributed by atoms with Crippen LogP contribution in [0.5, 0.6) is 0 Å². The standard InChI is InChI=1S/C25H29N3O4S/c29-23(26-15-3-1-2-6-24(30)28-32)14-11-18-7-9-19(10-8-18)17-21(22-5-4-16-33-22)25(31)27-20-12-13-20/h4-5,7-11,14,16-17,20,32H,1-3,6,12-13,15H2,(H,26,29)(H,27,31)(H,28,30). The number of hydrogen-bond acceptors (Lipinski definition) is 5. The molecular weight excluding hydrogens is 438 g/mol. The topological polar surface area (TPSA) is 108 Å². The van der Waals surface area contributed by atoms with Gasteiger partial charge in [0.05, 0.1) is 5.57 Å². The third-order valence-electron chi connectivity index (χ3n) is 5.12. The Hall–Kier alpha value is -3.23. The zero-order chi connectivity index (χ0) is 23.5. The molecule has 2 aromatic rings. The summed E-state index contributed by atoms with van der Waals surface area (Å²) in [5.74, 6) is -0.617. The minimum Gasteiger partial charge on any atom is -0.353 e. The zero-order valence-corrected chi connectivity index (χ0v) is 19.2. The molecule has 1 aromatic heterocycles. The van der Waals surface area contributed by atoms with Crippen molar-refractivity contribution in [1.82, 2.24) is 16.1 Å². The van der Waals surface area contributed by atoms with Gasteiger partial charge in [-0.1, -0.05) is 36.8 Å². The van der Waals surface area contributed by atoms with Gasteiger partial charge in [-0.05, 0) is 60.4 Å². The summed E-state index contributed by atoms with van der Waals surface area (Å²) in [5, 5.41) is 16.3. The summed E-state index contributed by atoms with van der Waals surface area (Å²) in [6.07, 6.45) is 9.71. The van der Waals surface area contributed by atoms with Crippen molar-refractivity contribution in [3.05, 3.63) is 63.9 Å². The van der Waals surface area contributed by atoms with Crippen LogP contribution in [0, 0.1) is 0 Å². The second kappa shape index (κ2) is 12.7. The number of benzene rings is 1. The number of hydroxylamine groups is 1. The van der Waals surface area contributed by atoms with Crippen LogP contribution in [0.1, 0.15) is 54.5 Å². The number of unbranched alkanes of at least 4 members (excludes halogenated alkanes) is 2. The molecule has 33 heavy (non-hydrogen) atoms. The Kier molecular flexibility index (Phi) is 9.41. The molecule has 0 unspecified atom stereocenters. The second-order valence-electron chi connectivity index (χ2n) is 7.92. The number of hydrogen-bond donors (Lipinski definition) is 4. The fourth-order valence-corrected chi connectivity index (χ4v) is 3.87. The summed E-state index contributed by atoms with van der Waals surface area (Å²) in [4.78, 5) is 36.5. The second-order valence-corrected chi connectivity index (χ2v) is 8.87. The minimum atomic E-state index is -0.396. The van der Waals surface area contributed by atoms with E-state index in [-0.39, 0.29) is 18.2 Å². The molecule has 3 rings (SSSR count). The Bertz CT molecular complexity index is 993. The largest absolute Gasteiger partial charge is 0.353 e. The molecule has 1 aliphatic rings. The molecular formula is C25H29N3O4S. The zero-order valence-electron chi connectivity index (χ0n) is 18.4. The normalized spacial score (nSPS) is 13.7. The van der Waals surface area contributed by atoms with E-state index in [4.69, 9.17) is 5.21 Å². The molecule has 1 heterocycles. The smallest absolute Gasteiger partial charge is 0.252 e. The highest BCUT2D eigenvalue weighted by molar-refractivity contribution is 7.11. The van der Waals surface area contributed by atoms with Gasteiger partial charge in [-0.25, -0.2) is 5.48 Å². The van der Waals surface area contributed by atoms with Gasteiger partial charge < -0.3 is 10.6 Å². The van der Waals surface area contributed by atoms with Crippen molar-refractivity contribution in [3.8, 4) is 0 Å². The van der Waals surface area contributed by atoms with Crippen LogP contribution < -0.4 is 16.1 Å². The fraction of sp³-hybridized carbons (Fsp3) is 0.320. The van der Waals surface area contributed by atoms with E-state index in [0.717, 1.165) is 41.7 Å². The van der Waals surface area contributed by atoms with Crippen molar-refractivity contribution in [2.45, 2.75) is 44.6 Å². The number of thiophene rings is 1. The molecule has 0 atom stereocenters. The molecule has 7 nitrogen and oxygen atoms in total. The van der Waals surface area contributed by atoms with E-state index >= 15 is 0 Å². The van der Waals surface area contributed by atoms with E-state index in [0.29, 0.717) is 24.6 Å². The fourth-order valence-electron chi connectivity index (χ4n) is 3.13. The monoisotopic (exact) mass is 467 g/mol. The van der Waals surface area contributed by atoms with E-state index in [1.165, 1.54) is 6.08 Å². The lowest BCUT2D eigenvalue weighted by Gasteiger charge is -2.07. The molecule has 3 amide bonds. The first-order valence-electron chi connectivity index (χ1n) is 11.1. The first-order valence-corrected chi connectivity index (χ1v) is 12.0. The average molecular weight is 468 g/mol. The van der Waals surface area contributed by atoms with Crippen molar-refractivity contribution in [1.29, 1.82) is 0 Å². The lowest BCUT2D eigenvalue weighted by atomic mass is 10.1. The summed E-state index contributed by atoms with van der Waals surface area (Å²) < 4.78 is 0. The van der Waals surface area contributed by atoms with Crippen LogP contribution in [-0.2, 0) is 14.4 Å². The van der Waals surface area contributed by atoms with Crippen LogP contribution in [0.2, 0.25) is 0 Å². The lowest BCUT2D eigenvalue weighted by molar-refractivity contribution is -0.129. The Labute approximate surface area is 197 Å². The molecule has 174 valence electrons. The molecule has 1 aromatic carbocycles. The summed E-state index contributed by atoms with van der Waals surface area (Å²) in [6.45, 7) is 0.530. The Morgan fingerprint density at radius 1 is 1.03 bits per heavy atom. The first-order chi connectivity index (χ1) is 16.0. The number of rotatable bonds is 12. The number of carbonyl (C=O) groups excluding carboxylic acids is 3. The Morgan fingerprint density at radius 2 is 1.79 bits per heavy atom. The maximum atomic E-state index is 12.7. The molecule has 0 bridgehead atoms. The summed E-state index contributed by atoms with van der Waals surface area (Å²) in [7, 11) is 0. The molecule has 0 aliphatic heterocycles. The number of carbonyl (C=O) groups is 3. The maximum Gasteiger partial charge on any atom is 0.252 e. The molecule has 1 fully saturated rings. The summed E-state index contributed by atoms with van der Waals surface area (Å²) in [6, 6.07) is 11.9. The van der Waals surface area contributed by atoms with Crippen molar-refractivity contribution in [2.24, 2.45) is 0 Å². The van der Waals surface area contributed by atoms with Gasteiger partial charge in [0.1, 0.15) is 0 Å². The van der Waals surface area contributed by atoms with Crippen LogP contribution in [0.15, 0.2) is 47.9 Å². The van der Waals surface area contributed by atoms with Crippen LogP contribution in [0.3, 0.4) is 0 Å². The van der Waals surface area contributed by atoms with Crippen LogP contribution in [0.25, 0.3) is 17.7 Å². The van der Waals surface area contributed by atoms with Crippen molar-refractivity contribution >= 4 is 46.8 Å². The Balaban J connectivity index is 1.49. The minimum absolute atomic E-state index is 0.0442. The van der Waals surface area contributed by atoms with E-state index in [1.807, 2.05) is 47.9 Å². The van der Waals surface area contributed by atoms with Gasteiger partial charge in [0, 0.05) is 30.0 Å². The first kappa shape index (κ1) is 24.4. The molecule has 4 N–H and O–H groups in total. The molecule has 1 aliphatic carbocycles. The third-order valence-corrected chi connectivity index (χ3v) is 6.03. The van der Waals surface area contributed by atoms with Crippen LogP contribution in [0.4, 0.5) is 0 Å². The van der Waals surface area contributed by atoms with Gasteiger partial charge in [-0.15, -0.1) is 11.3 Å². The highest BCUT2D eigenvalue weighted by atomic mass is 32.1.